The van der Waals surface area contributed by atoms with E-state index in [-0.39, 0.29) is 17.0 Å². The quantitative estimate of drug-likeness (QED) is 0.837. The monoisotopic (exact) mass is 253 g/mol. The van der Waals surface area contributed by atoms with Crippen molar-refractivity contribution in [2.45, 2.75) is 39.3 Å². The van der Waals surface area contributed by atoms with Gasteiger partial charge in [-0.05, 0) is 18.6 Å². The number of nitrogens with two attached hydrogens (primary N) is 1. The van der Waals surface area contributed by atoms with Crippen molar-refractivity contribution in [3.05, 3.63) is 23.5 Å². The maximum Gasteiger partial charge on any atom is 0.165 e. The molecule has 1 aliphatic rings. The molecule has 1 aliphatic heterocycles. The molecule has 0 spiro atoms. The second kappa shape index (κ2) is 4.12. The van der Waals surface area contributed by atoms with Crippen LogP contribution in [0.25, 0.3) is 0 Å². The molecule has 0 amide bonds. The second-order valence-corrected chi connectivity index (χ2v) is 5.80. The molecule has 0 saturated heterocycles. The van der Waals surface area contributed by atoms with Crippen LogP contribution in [-0.2, 0) is 6.42 Å². The Labute approximate surface area is 107 Å². The number of methoxy groups -OCH3 is 1. The van der Waals surface area contributed by atoms with Gasteiger partial charge in [0.2, 0.25) is 0 Å². The Morgan fingerprint density at radius 2 is 2.06 bits per heavy atom. The van der Waals surface area contributed by atoms with E-state index in [1.165, 1.54) is 6.07 Å². The first-order valence-electron chi connectivity index (χ1n) is 6.12. The molecule has 0 bridgehead atoms. The van der Waals surface area contributed by atoms with Crippen LogP contribution in [0.5, 0.6) is 11.5 Å². The maximum absolute atomic E-state index is 13.9. The van der Waals surface area contributed by atoms with Crippen molar-refractivity contribution in [2.24, 2.45) is 11.1 Å². The van der Waals surface area contributed by atoms with E-state index < -0.39 is 5.72 Å². The van der Waals surface area contributed by atoms with Gasteiger partial charge in [0.25, 0.3) is 0 Å². The summed E-state index contributed by atoms with van der Waals surface area (Å²) in [6.45, 7) is 5.99. The van der Waals surface area contributed by atoms with Crippen LogP contribution in [0.2, 0.25) is 0 Å². The van der Waals surface area contributed by atoms with Crippen LogP contribution < -0.4 is 15.2 Å². The van der Waals surface area contributed by atoms with Gasteiger partial charge in [-0.1, -0.05) is 20.8 Å². The van der Waals surface area contributed by atoms with Gasteiger partial charge in [-0.15, -0.1) is 0 Å². The topological polar surface area (TPSA) is 44.5 Å². The van der Waals surface area contributed by atoms with Gasteiger partial charge in [0.05, 0.1) is 7.11 Å². The van der Waals surface area contributed by atoms with Gasteiger partial charge in [0.1, 0.15) is 5.75 Å². The number of fused-ring (bicyclic) bond motifs is 1. The van der Waals surface area contributed by atoms with Crippen molar-refractivity contribution in [3.8, 4) is 11.5 Å². The molecule has 0 unspecified atom stereocenters. The van der Waals surface area contributed by atoms with Gasteiger partial charge in [0.15, 0.2) is 17.3 Å². The summed E-state index contributed by atoms with van der Waals surface area (Å²) in [4.78, 5) is 0. The molecule has 0 saturated carbocycles. The molecule has 3 nitrogen and oxygen atoms in total. The minimum Gasteiger partial charge on any atom is -0.496 e. The van der Waals surface area contributed by atoms with Crippen LogP contribution >= 0.6 is 0 Å². The zero-order chi connectivity index (χ0) is 13.6. The van der Waals surface area contributed by atoms with Gasteiger partial charge in [-0.25, -0.2) is 4.39 Å². The third-order valence-corrected chi connectivity index (χ3v) is 3.69. The van der Waals surface area contributed by atoms with Crippen molar-refractivity contribution >= 4 is 0 Å². The zero-order valence-electron chi connectivity index (χ0n) is 11.3. The van der Waals surface area contributed by atoms with Crippen LogP contribution in [0, 0.1) is 11.2 Å². The highest BCUT2D eigenvalue weighted by atomic mass is 19.1. The molecular weight excluding hydrogens is 233 g/mol. The molecule has 2 rings (SSSR count). The first-order valence-corrected chi connectivity index (χ1v) is 6.12. The molecule has 100 valence electrons. The molecule has 4 heteroatoms. The van der Waals surface area contributed by atoms with E-state index in [2.05, 4.69) is 0 Å². The standard InChI is InChI=1S/C14H20FNO2/c1-13(2,3)14(16)8-7-9-11(17-4)6-5-10(15)12(9)18-14/h5-6H,7-8,16H2,1-4H3/t14-/m1/s1. The average Bonchev–Trinajstić information content (AvgIpc) is 2.29. The first kappa shape index (κ1) is 13.1. The van der Waals surface area contributed by atoms with E-state index in [1.807, 2.05) is 20.8 Å². The van der Waals surface area contributed by atoms with Crippen LogP contribution in [0.3, 0.4) is 0 Å². The molecule has 1 atom stereocenters. The van der Waals surface area contributed by atoms with E-state index in [9.17, 15) is 4.39 Å². The number of rotatable bonds is 1. The number of hydrogen-bond acceptors (Lipinski definition) is 3. The Hall–Kier alpha value is -1.29. The number of halogens is 1. The Bertz CT molecular complexity index is 468. The highest BCUT2D eigenvalue weighted by Crippen LogP contribution is 2.44. The average molecular weight is 253 g/mol. The molecule has 18 heavy (non-hydrogen) atoms. The number of ether oxygens (including phenoxy) is 2. The molecule has 0 radical (unpaired) electrons. The molecule has 1 heterocycles. The van der Waals surface area contributed by atoms with Crippen molar-refractivity contribution in [2.75, 3.05) is 7.11 Å². The van der Waals surface area contributed by atoms with Gasteiger partial charge in [-0.2, -0.15) is 0 Å². The van der Waals surface area contributed by atoms with Gasteiger partial charge in [-0.3, -0.25) is 5.73 Å². The predicted molar refractivity (Wildman–Crippen MR) is 68.3 cm³/mol. The van der Waals surface area contributed by atoms with E-state index in [1.54, 1.807) is 13.2 Å². The Balaban J connectivity index is 2.47. The molecule has 0 fully saturated rings. The lowest BCUT2D eigenvalue weighted by Crippen LogP contribution is -2.58. The summed E-state index contributed by atoms with van der Waals surface area (Å²) in [5.74, 6) is 0.505. The Morgan fingerprint density at radius 1 is 1.39 bits per heavy atom. The van der Waals surface area contributed by atoms with E-state index >= 15 is 0 Å². The summed E-state index contributed by atoms with van der Waals surface area (Å²) in [5.41, 5.74) is 5.93. The molecular formula is C14H20FNO2. The third-order valence-electron chi connectivity index (χ3n) is 3.69. The number of benzene rings is 1. The fourth-order valence-corrected chi connectivity index (χ4v) is 2.19. The van der Waals surface area contributed by atoms with Crippen LogP contribution in [0.1, 0.15) is 32.8 Å². The van der Waals surface area contributed by atoms with Gasteiger partial charge >= 0.3 is 0 Å². The molecule has 0 aliphatic carbocycles. The minimum absolute atomic E-state index is 0.234. The first-order chi connectivity index (χ1) is 8.28. The third kappa shape index (κ3) is 1.94. The van der Waals surface area contributed by atoms with E-state index in [4.69, 9.17) is 15.2 Å². The lowest BCUT2D eigenvalue weighted by atomic mass is 9.78. The highest BCUT2D eigenvalue weighted by molar-refractivity contribution is 5.47. The van der Waals surface area contributed by atoms with Gasteiger partial charge in [0, 0.05) is 17.4 Å². The summed E-state index contributed by atoms with van der Waals surface area (Å²) in [6.07, 6.45) is 1.30. The summed E-state index contributed by atoms with van der Waals surface area (Å²) >= 11 is 0. The van der Waals surface area contributed by atoms with Crippen LogP contribution in [0.4, 0.5) is 4.39 Å². The van der Waals surface area contributed by atoms with Crippen molar-refractivity contribution < 1.29 is 13.9 Å². The fraction of sp³-hybridized carbons (Fsp3) is 0.571. The zero-order valence-corrected chi connectivity index (χ0v) is 11.3. The minimum atomic E-state index is -0.854. The SMILES string of the molecule is COc1ccc(F)c2c1CC[C@](N)(C(C)(C)C)O2. The lowest BCUT2D eigenvalue weighted by Gasteiger charge is -2.44. The second-order valence-electron chi connectivity index (χ2n) is 5.80. The Kier molecular flexibility index (Phi) is 3.01. The largest absolute Gasteiger partial charge is 0.496 e. The molecule has 1 aromatic rings. The Morgan fingerprint density at radius 3 is 2.61 bits per heavy atom. The molecule has 1 aromatic carbocycles. The van der Waals surface area contributed by atoms with Crippen LogP contribution in [-0.4, -0.2) is 12.8 Å². The fourth-order valence-electron chi connectivity index (χ4n) is 2.19. The van der Waals surface area contributed by atoms with Crippen molar-refractivity contribution in [1.29, 1.82) is 0 Å². The predicted octanol–water partition coefficient (Wildman–Crippen LogP) is 2.86. The maximum atomic E-state index is 13.9. The van der Waals surface area contributed by atoms with Crippen molar-refractivity contribution in [3.63, 3.8) is 0 Å². The van der Waals surface area contributed by atoms with Crippen LogP contribution in [0.15, 0.2) is 12.1 Å². The summed E-state index contributed by atoms with van der Waals surface area (Å²) in [7, 11) is 1.57. The van der Waals surface area contributed by atoms with E-state index in [0.717, 1.165) is 5.56 Å². The smallest absolute Gasteiger partial charge is 0.165 e. The highest BCUT2D eigenvalue weighted by Gasteiger charge is 2.44. The summed E-state index contributed by atoms with van der Waals surface area (Å²) in [5, 5.41) is 0. The molecule has 0 aromatic heterocycles. The summed E-state index contributed by atoms with van der Waals surface area (Å²) in [6, 6.07) is 2.98. The normalized spacial score (nSPS) is 23.2. The van der Waals surface area contributed by atoms with E-state index in [0.29, 0.717) is 18.6 Å². The lowest BCUT2D eigenvalue weighted by molar-refractivity contribution is -0.0475. The van der Waals surface area contributed by atoms with Crippen molar-refractivity contribution in [1.82, 2.24) is 0 Å². The number of hydrogen-bond donors (Lipinski definition) is 1. The van der Waals surface area contributed by atoms with Gasteiger partial charge < -0.3 is 9.47 Å². The summed E-state index contributed by atoms with van der Waals surface area (Å²) < 4.78 is 24.9. The molecule has 2 N–H and O–H groups in total.